The van der Waals surface area contributed by atoms with Gasteiger partial charge in [0.25, 0.3) is 5.91 Å². The molecule has 1 heterocycles. The molecule has 0 unspecified atom stereocenters. The zero-order chi connectivity index (χ0) is 13.0. The minimum absolute atomic E-state index is 0.0134. The molecule has 1 amide bonds. The molecule has 0 bridgehead atoms. The molecule has 0 aliphatic carbocycles. The van der Waals surface area contributed by atoms with Gasteiger partial charge in [0.2, 0.25) is 0 Å². The van der Waals surface area contributed by atoms with Crippen molar-refractivity contribution < 1.29 is 9.18 Å². The molecular formula is C13H17FN2OS. The summed E-state index contributed by atoms with van der Waals surface area (Å²) in [7, 11) is 0. The van der Waals surface area contributed by atoms with E-state index in [0.29, 0.717) is 5.56 Å². The molecular weight excluding hydrogens is 251 g/mol. The summed E-state index contributed by atoms with van der Waals surface area (Å²) in [6.07, 6.45) is 0. The molecule has 98 valence electrons. The second-order valence-electron chi connectivity index (χ2n) is 4.36. The number of hydrogen-bond acceptors (Lipinski definition) is 3. The van der Waals surface area contributed by atoms with Crippen LogP contribution in [0.25, 0.3) is 0 Å². The van der Waals surface area contributed by atoms with Gasteiger partial charge in [-0.15, -0.1) is 0 Å². The first kappa shape index (κ1) is 13.4. The SMILES string of the molecule is O=C(c1ccc(F)cc1)N1CCN(CCS)CC1. The van der Waals surface area contributed by atoms with Crippen LogP contribution in [0, 0.1) is 5.82 Å². The van der Waals surface area contributed by atoms with Gasteiger partial charge < -0.3 is 4.90 Å². The van der Waals surface area contributed by atoms with E-state index in [-0.39, 0.29) is 11.7 Å². The second-order valence-corrected chi connectivity index (χ2v) is 4.81. The van der Waals surface area contributed by atoms with E-state index in [2.05, 4.69) is 17.5 Å². The van der Waals surface area contributed by atoms with Crippen molar-refractivity contribution in [1.29, 1.82) is 0 Å². The van der Waals surface area contributed by atoms with E-state index < -0.39 is 0 Å². The maximum atomic E-state index is 12.8. The van der Waals surface area contributed by atoms with Gasteiger partial charge >= 0.3 is 0 Å². The van der Waals surface area contributed by atoms with Crippen LogP contribution in [0.15, 0.2) is 24.3 Å². The Morgan fingerprint density at radius 2 is 1.78 bits per heavy atom. The Bertz CT molecular complexity index is 402. The highest BCUT2D eigenvalue weighted by atomic mass is 32.1. The summed E-state index contributed by atoms with van der Waals surface area (Å²) in [5, 5.41) is 0. The van der Waals surface area contributed by atoms with E-state index in [1.165, 1.54) is 24.3 Å². The zero-order valence-electron chi connectivity index (χ0n) is 10.2. The fourth-order valence-electron chi connectivity index (χ4n) is 2.09. The van der Waals surface area contributed by atoms with Crippen molar-refractivity contribution in [2.75, 3.05) is 38.5 Å². The number of nitrogens with zero attached hydrogens (tertiary/aromatic N) is 2. The lowest BCUT2D eigenvalue weighted by Crippen LogP contribution is -2.49. The van der Waals surface area contributed by atoms with Crippen molar-refractivity contribution in [3.05, 3.63) is 35.6 Å². The first-order chi connectivity index (χ1) is 8.70. The first-order valence-corrected chi connectivity index (χ1v) is 6.72. The Morgan fingerprint density at radius 3 is 2.33 bits per heavy atom. The molecule has 0 N–H and O–H groups in total. The molecule has 1 aromatic rings. The van der Waals surface area contributed by atoms with Gasteiger partial charge in [0, 0.05) is 44.0 Å². The standard InChI is InChI=1S/C13H17FN2OS/c14-12-3-1-11(2-4-12)13(17)16-7-5-15(6-8-16)9-10-18/h1-4,18H,5-10H2. The molecule has 0 radical (unpaired) electrons. The molecule has 0 spiro atoms. The van der Waals surface area contributed by atoms with Crippen molar-refractivity contribution in [3.63, 3.8) is 0 Å². The molecule has 0 aromatic heterocycles. The summed E-state index contributed by atoms with van der Waals surface area (Å²) in [5.74, 6) is 0.511. The van der Waals surface area contributed by atoms with Gasteiger partial charge in [0.15, 0.2) is 0 Å². The van der Waals surface area contributed by atoms with E-state index in [0.717, 1.165) is 38.5 Å². The smallest absolute Gasteiger partial charge is 0.253 e. The van der Waals surface area contributed by atoms with Crippen LogP contribution in [-0.4, -0.2) is 54.2 Å². The minimum Gasteiger partial charge on any atom is -0.336 e. The largest absolute Gasteiger partial charge is 0.336 e. The molecule has 1 aliphatic rings. The van der Waals surface area contributed by atoms with Gasteiger partial charge in [0.05, 0.1) is 0 Å². The van der Waals surface area contributed by atoms with Gasteiger partial charge in [-0.3, -0.25) is 9.69 Å². The molecule has 18 heavy (non-hydrogen) atoms. The third kappa shape index (κ3) is 3.23. The molecule has 1 fully saturated rings. The molecule has 0 atom stereocenters. The lowest BCUT2D eigenvalue weighted by molar-refractivity contribution is 0.0644. The van der Waals surface area contributed by atoms with Crippen LogP contribution in [-0.2, 0) is 0 Å². The Kier molecular flexibility index (Phi) is 4.60. The third-order valence-electron chi connectivity index (χ3n) is 3.17. The average molecular weight is 268 g/mol. The van der Waals surface area contributed by atoms with Crippen LogP contribution in [0.2, 0.25) is 0 Å². The van der Waals surface area contributed by atoms with Crippen LogP contribution in [0.5, 0.6) is 0 Å². The van der Waals surface area contributed by atoms with E-state index >= 15 is 0 Å². The van der Waals surface area contributed by atoms with Crippen LogP contribution >= 0.6 is 12.6 Å². The summed E-state index contributed by atoms with van der Waals surface area (Å²) in [6, 6.07) is 5.73. The Labute approximate surface area is 112 Å². The van der Waals surface area contributed by atoms with Crippen molar-refractivity contribution in [2.45, 2.75) is 0 Å². The highest BCUT2D eigenvalue weighted by molar-refractivity contribution is 7.80. The molecule has 2 rings (SSSR count). The summed E-state index contributed by atoms with van der Waals surface area (Å²) in [6.45, 7) is 4.18. The molecule has 3 nitrogen and oxygen atoms in total. The van der Waals surface area contributed by atoms with Gasteiger partial charge in [0.1, 0.15) is 5.82 Å². The van der Waals surface area contributed by atoms with Crippen molar-refractivity contribution >= 4 is 18.5 Å². The fourth-order valence-corrected chi connectivity index (χ4v) is 2.37. The van der Waals surface area contributed by atoms with E-state index in [9.17, 15) is 9.18 Å². The van der Waals surface area contributed by atoms with E-state index in [4.69, 9.17) is 0 Å². The van der Waals surface area contributed by atoms with Crippen molar-refractivity contribution in [3.8, 4) is 0 Å². The number of thiol groups is 1. The summed E-state index contributed by atoms with van der Waals surface area (Å²) >= 11 is 4.20. The van der Waals surface area contributed by atoms with Crippen LogP contribution in [0.4, 0.5) is 4.39 Å². The van der Waals surface area contributed by atoms with Crippen LogP contribution < -0.4 is 0 Å². The number of halogens is 1. The van der Waals surface area contributed by atoms with E-state index in [1.807, 2.05) is 4.90 Å². The monoisotopic (exact) mass is 268 g/mol. The van der Waals surface area contributed by atoms with Gasteiger partial charge in [-0.25, -0.2) is 4.39 Å². The topological polar surface area (TPSA) is 23.6 Å². The molecule has 1 aromatic carbocycles. The number of amides is 1. The molecule has 1 aliphatic heterocycles. The first-order valence-electron chi connectivity index (χ1n) is 6.09. The quantitative estimate of drug-likeness (QED) is 0.840. The fraction of sp³-hybridized carbons (Fsp3) is 0.462. The predicted molar refractivity (Wildman–Crippen MR) is 72.6 cm³/mol. The van der Waals surface area contributed by atoms with E-state index in [1.54, 1.807) is 0 Å². The lowest BCUT2D eigenvalue weighted by Gasteiger charge is -2.34. The van der Waals surface area contributed by atoms with Gasteiger partial charge in [-0.05, 0) is 24.3 Å². The summed E-state index contributed by atoms with van der Waals surface area (Å²) < 4.78 is 12.8. The number of hydrogen-bond donors (Lipinski definition) is 1. The molecule has 0 saturated carbocycles. The zero-order valence-corrected chi connectivity index (χ0v) is 11.1. The van der Waals surface area contributed by atoms with Crippen LogP contribution in [0.1, 0.15) is 10.4 Å². The minimum atomic E-state index is -0.315. The predicted octanol–water partition coefficient (Wildman–Crippen LogP) is 1.51. The molecule has 5 heteroatoms. The number of carbonyl (C=O) groups excluding carboxylic acids is 1. The van der Waals surface area contributed by atoms with Gasteiger partial charge in [-0.2, -0.15) is 12.6 Å². The maximum Gasteiger partial charge on any atom is 0.253 e. The average Bonchev–Trinajstić information content (AvgIpc) is 2.40. The van der Waals surface area contributed by atoms with Crippen LogP contribution in [0.3, 0.4) is 0 Å². The Balaban J connectivity index is 1.93. The maximum absolute atomic E-state index is 12.8. The van der Waals surface area contributed by atoms with Crippen molar-refractivity contribution in [2.24, 2.45) is 0 Å². The second kappa shape index (κ2) is 6.20. The lowest BCUT2D eigenvalue weighted by atomic mass is 10.2. The number of rotatable bonds is 3. The number of carbonyl (C=O) groups is 1. The van der Waals surface area contributed by atoms with Crippen molar-refractivity contribution in [1.82, 2.24) is 9.80 Å². The summed E-state index contributed by atoms with van der Waals surface area (Å²) in [4.78, 5) is 16.3. The highest BCUT2D eigenvalue weighted by Gasteiger charge is 2.21. The number of piperazine rings is 1. The van der Waals surface area contributed by atoms with Gasteiger partial charge in [-0.1, -0.05) is 0 Å². The molecule has 1 saturated heterocycles. The normalized spacial score (nSPS) is 16.9. The Morgan fingerprint density at radius 1 is 1.17 bits per heavy atom. The Hall–Kier alpha value is -1.07. The number of benzene rings is 1. The summed E-state index contributed by atoms with van der Waals surface area (Å²) in [5.41, 5.74) is 0.555. The highest BCUT2D eigenvalue weighted by Crippen LogP contribution is 2.09. The third-order valence-corrected chi connectivity index (χ3v) is 3.37.